The summed E-state index contributed by atoms with van der Waals surface area (Å²) in [6, 6.07) is 8.18. The van der Waals surface area contributed by atoms with Crippen molar-refractivity contribution < 1.29 is 19.0 Å². The summed E-state index contributed by atoms with van der Waals surface area (Å²) in [5.74, 6) is 1.46. The Bertz CT molecular complexity index is 648. The first-order chi connectivity index (χ1) is 12.1. The van der Waals surface area contributed by atoms with E-state index >= 15 is 0 Å². The predicted octanol–water partition coefficient (Wildman–Crippen LogP) is 2.85. The van der Waals surface area contributed by atoms with Crippen LogP contribution in [0.5, 0.6) is 5.75 Å². The molecule has 5 atom stereocenters. The smallest absolute Gasteiger partial charge is 0.305 e. The Morgan fingerprint density at radius 3 is 3.08 bits per heavy atom. The lowest BCUT2D eigenvalue weighted by molar-refractivity contribution is -0.185. The van der Waals surface area contributed by atoms with E-state index in [1.807, 2.05) is 18.2 Å². The fourth-order valence-corrected chi connectivity index (χ4v) is 4.73. The van der Waals surface area contributed by atoms with Crippen molar-refractivity contribution in [3.05, 3.63) is 29.8 Å². The second-order valence-corrected chi connectivity index (χ2v) is 7.72. The van der Waals surface area contributed by atoms with Gasteiger partial charge >= 0.3 is 5.97 Å². The van der Waals surface area contributed by atoms with Gasteiger partial charge in [0.2, 0.25) is 0 Å². The highest BCUT2D eigenvalue weighted by molar-refractivity contribution is 5.69. The van der Waals surface area contributed by atoms with E-state index in [0.717, 1.165) is 37.2 Å². The van der Waals surface area contributed by atoms with Crippen LogP contribution in [-0.4, -0.2) is 37.9 Å². The fourth-order valence-electron chi connectivity index (χ4n) is 4.73. The number of fused-ring (bicyclic) bond motifs is 4. The molecular weight excluding hydrogens is 318 g/mol. The molecule has 0 spiro atoms. The second kappa shape index (κ2) is 6.61. The summed E-state index contributed by atoms with van der Waals surface area (Å²) in [6.45, 7) is 4.16. The maximum Gasteiger partial charge on any atom is 0.305 e. The minimum Gasteiger partial charge on any atom is -0.487 e. The summed E-state index contributed by atoms with van der Waals surface area (Å²) in [6.07, 6.45) is 3.50. The molecule has 0 bridgehead atoms. The molecule has 3 heterocycles. The van der Waals surface area contributed by atoms with Crippen molar-refractivity contribution in [3.63, 3.8) is 0 Å². The molecule has 0 radical (unpaired) electrons. The maximum atomic E-state index is 11.7. The molecule has 0 unspecified atom stereocenters. The minimum atomic E-state index is -0.421. The predicted molar refractivity (Wildman–Crippen MR) is 93.4 cm³/mol. The number of hydrogen-bond donors (Lipinski definition) is 1. The Hall–Kier alpha value is -1.59. The molecule has 5 heteroatoms. The van der Waals surface area contributed by atoms with E-state index in [4.69, 9.17) is 14.2 Å². The summed E-state index contributed by atoms with van der Waals surface area (Å²) in [5.41, 5.74) is 0.732. The van der Waals surface area contributed by atoms with Crippen molar-refractivity contribution in [1.29, 1.82) is 0 Å². The normalized spacial score (nSPS) is 36.4. The second-order valence-electron chi connectivity index (χ2n) is 7.72. The molecule has 1 aromatic carbocycles. The van der Waals surface area contributed by atoms with Crippen molar-refractivity contribution in [3.8, 4) is 5.75 Å². The number of carbonyl (C=O) groups excluding carboxylic acids is 1. The van der Waals surface area contributed by atoms with Gasteiger partial charge in [0.1, 0.15) is 11.4 Å². The molecule has 0 aromatic heterocycles. The van der Waals surface area contributed by atoms with Gasteiger partial charge in [0.05, 0.1) is 19.3 Å². The van der Waals surface area contributed by atoms with Crippen LogP contribution in [-0.2, 0) is 14.3 Å². The Balaban J connectivity index is 1.65. The largest absolute Gasteiger partial charge is 0.487 e. The van der Waals surface area contributed by atoms with E-state index in [1.165, 1.54) is 7.11 Å². The number of methoxy groups -OCH3 is 1. The van der Waals surface area contributed by atoms with Gasteiger partial charge in [-0.2, -0.15) is 0 Å². The van der Waals surface area contributed by atoms with E-state index < -0.39 is 5.60 Å². The van der Waals surface area contributed by atoms with Crippen LogP contribution in [0.3, 0.4) is 0 Å². The highest BCUT2D eigenvalue weighted by Crippen LogP contribution is 2.53. The van der Waals surface area contributed by atoms with Gasteiger partial charge < -0.3 is 19.5 Å². The third-order valence-corrected chi connectivity index (χ3v) is 6.19. The summed E-state index contributed by atoms with van der Waals surface area (Å²) in [4.78, 5) is 11.7. The first-order valence-corrected chi connectivity index (χ1v) is 9.31. The van der Waals surface area contributed by atoms with Crippen LogP contribution in [0.4, 0.5) is 0 Å². The van der Waals surface area contributed by atoms with Gasteiger partial charge in [-0.05, 0) is 44.7 Å². The molecule has 1 aromatic rings. The Morgan fingerprint density at radius 1 is 1.40 bits per heavy atom. The highest BCUT2D eigenvalue weighted by atomic mass is 16.5. The molecule has 2 fully saturated rings. The number of carbonyl (C=O) groups is 1. The molecule has 0 amide bonds. The van der Waals surface area contributed by atoms with Crippen LogP contribution in [0, 0.1) is 11.8 Å². The van der Waals surface area contributed by atoms with E-state index in [2.05, 4.69) is 18.3 Å². The zero-order valence-corrected chi connectivity index (χ0v) is 15.0. The molecule has 2 saturated heterocycles. The molecule has 0 saturated carbocycles. The molecule has 0 aliphatic carbocycles. The molecule has 1 N–H and O–H groups in total. The first kappa shape index (κ1) is 16.9. The molecule has 3 aliphatic rings. The van der Waals surface area contributed by atoms with Crippen LogP contribution < -0.4 is 10.1 Å². The number of benzene rings is 1. The average molecular weight is 345 g/mol. The average Bonchev–Trinajstić information content (AvgIpc) is 2.65. The van der Waals surface area contributed by atoms with Crippen LogP contribution in [0.15, 0.2) is 24.3 Å². The van der Waals surface area contributed by atoms with Gasteiger partial charge in [-0.25, -0.2) is 0 Å². The lowest BCUT2D eigenvalue weighted by Crippen LogP contribution is -2.55. The van der Waals surface area contributed by atoms with E-state index in [0.29, 0.717) is 24.9 Å². The van der Waals surface area contributed by atoms with Crippen molar-refractivity contribution in [1.82, 2.24) is 5.32 Å². The van der Waals surface area contributed by atoms with Gasteiger partial charge in [-0.15, -0.1) is 0 Å². The standard InChI is InChI=1S/C20H27NO4/c1-20(9-7-18(22)23-2)15-11-13-12-21-10-8-16(13)24-19(15)14-5-3-4-6-17(14)25-20/h3-6,13,15-16,19,21H,7-12H2,1-2H3/t13-,15-,16-,19+,20-/m1/s1. The third kappa shape index (κ3) is 3.04. The van der Waals surface area contributed by atoms with E-state index in [-0.39, 0.29) is 18.0 Å². The molecule has 5 nitrogen and oxygen atoms in total. The minimum absolute atomic E-state index is 0.0481. The fraction of sp³-hybridized carbons (Fsp3) is 0.650. The van der Waals surface area contributed by atoms with Gasteiger partial charge in [-0.3, -0.25) is 4.79 Å². The first-order valence-electron chi connectivity index (χ1n) is 9.31. The lowest BCUT2D eigenvalue weighted by atomic mass is 9.69. The number of hydrogen-bond acceptors (Lipinski definition) is 5. The number of esters is 1. The topological polar surface area (TPSA) is 56.8 Å². The summed E-state index contributed by atoms with van der Waals surface area (Å²) in [7, 11) is 1.44. The number of rotatable bonds is 3. The van der Waals surface area contributed by atoms with Crippen molar-refractivity contribution in [2.75, 3.05) is 20.2 Å². The van der Waals surface area contributed by atoms with Gasteiger partial charge in [-0.1, -0.05) is 18.2 Å². The van der Waals surface area contributed by atoms with Crippen molar-refractivity contribution >= 4 is 5.97 Å². The van der Waals surface area contributed by atoms with Crippen molar-refractivity contribution in [2.24, 2.45) is 11.8 Å². The van der Waals surface area contributed by atoms with Crippen LogP contribution in [0.25, 0.3) is 0 Å². The van der Waals surface area contributed by atoms with Gasteiger partial charge in [0.25, 0.3) is 0 Å². The highest BCUT2D eigenvalue weighted by Gasteiger charge is 2.52. The van der Waals surface area contributed by atoms with Gasteiger partial charge in [0.15, 0.2) is 0 Å². The summed E-state index contributed by atoms with van der Waals surface area (Å²) >= 11 is 0. The molecular formula is C20H27NO4. The van der Waals surface area contributed by atoms with Crippen LogP contribution in [0.2, 0.25) is 0 Å². The van der Waals surface area contributed by atoms with E-state index in [9.17, 15) is 4.79 Å². The van der Waals surface area contributed by atoms with Crippen molar-refractivity contribution in [2.45, 2.75) is 50.4 Å². The molecule has 25 heavy (non-hydrogen) atoms. The molecule has 4 rings (SSSR count). The van der Waals surface area contributed by atoms with Crippen LogP contribution in [0.1, 0.15) is 44.3 Å². The maximum absolute atomic E-state index is 11.7. The number of nitrogens with one attached hydrogen (secondary N) is 1. The van der Waals surface area contributed by atoms with Gasteiger partial charge in [0, 0.05) is 24.4 Å². The molecule has 136 valence electrons. The number of piperidine rings is 1. The lowest BCUT2D eigenvalue weighted by Gasteiger charge is -2.53. The zero-order valence-electron chi connectivity index (χ0n) is 15.0. The van der Waals surface area contributed by atoms with E-state index in [1.54, 1.807) is 0 Å². The summed E-state index contributed by atoms with van der Waals surface area (Å²) < 4.78 is 17.9. The Kier molecular flexibility index (Phi) is 4.46. The summed E-state index contributed by atoms with van der Waals surface area (Å²) in [5, 5.41) is 3.49. The number of para-hydroxylation sites is 1. The van der Waals surface area contributed by atoms with Crippen LogP contribution >= 0.6 is 0 Å². The monoisotopic (exact) mass is 345 g/mol. The third-order valence-electron chi connectivity index (χ3n) is 6.19. The zero-order chi connectivity index (χ0) is 17.4. The number of ether oxygens (including phenoxy) is 3. The Morgan fingerprint density at radius 2 is 2.24 bits per heavy atom. The quantitative estimate of drug-likeness (QED) is 0.854. The Labute approximate surface area is 149 Å². The molecule has 3 aliphatic heterocycles. The SMILES string of the molecule is COC(=O)CC[C@@]1(C)Oc2ccccc2[C@@H]2O[C@@H]3CCNC[C@H]3C[C@H]21.